The molecule has 1 unspecified atom stereocenters. The summed E-state index contributed by atoms with van der Waals surface area (Å²) in [5, 5.41) is 12.6. The van der Waals surface area contributed by atoms with Gasteiger partial charge in [0.2, 0.25) is 0 Å². The fraction of sp³-hybridized carbons (Fsp3) is 0.556. The maximum Gasteiger partial charge on any atom is 0.148 e. The van der Waals surface area contributed by atoms with Crippen LogP contribution in [0.15, 0.2) is 10.8 Å². The van der Waals surface area contributed by atoms with E-state index in [9.17, 15) is 0 Å². The number of aliphatic hydroxyl groups is 1. The van der Waals surface area contributed by atoms with E-state index in [0.29, 0.717) is 21.4 Å². The van der Waals surface area contributed by atoms with Crippen molar-refractivity contribution in [3.05, 3.63) is 16.0 Å². The van der Waals surface area contributed by atoms with Gasteiger partial charge in [0, 0.05) is 0 Å². The Labute approximate surface area is 102 Å². The molecule has 0 bridgehead atoms. The molecule has 1 atom stereocenters. The van der Waals surface area contributed by atoms with Crippen molar-refractivity contribution < 1.29 is 5.11 Å². The van der Waals surface area contributed by atoms with Gasteiger partial charge in [0.15, 0.2) is 0 Å². The van der Waals surface area contributed by atoms with Crippen LogP contribution < -0.4 is 5.32 Å². The normalized spacial score (nSPS) is 12.9. The molecule has 4 nitrogen and oxygen atoms in total. The number of halogens is 2. The van der Waals surface area contributed by atoms with E-state index in [2.05, 4.69) is 31.2 Å². The van der Waals surface area contributed by atoms with E-state index in [1.165, 1.54) is 6.33 Å². The molecule has 15 heavy (non-hydrogen) atoms. The van der Waals surface area contributed by atoms with Gasteiger partial charge in [0.25, 0.3) is 0 Å². The molecule has 2 N–H and O–H groups in total. The van der Waals surface area contributed by atoms with Crippen LogP contribution in [-0.4, -0.2) is 27.7 Å². The van der Waals surface area contributed by atoms with E-state index in [-0.39, 0.29) is 12.6 Å². The predicted octanol–water partition coefficient (Wildman–Crippen LogP) is 2.32. The summed E-state index contributed by atoms with van der Waals surface area (Å²) in [6.45, 7) is 4.08. The summed E-state index contributed by atoms with van der Waals surface area (Å²) >= 11 is 9.11. The molecule has 84 valence electrons. The van der Waals surface area contributed by atoms with Crippen molar-refractivity contribution in [2.75, 3.05) is 11.9 Å². The van der Waals surface area contributed by atoms with Gasteiger partial charge in [-0.2, -0.15) is 0 Å². The highest BCUT2D eigenvalue weighted by Crippen LogP contribution is 2.27. The lowest BCUT2D eigenvalue weighted by Crippen LogP contribution is -2.30. The van der Waals surface area contributed by atoms with Gasteiger partial charge in [-0.25, -0.2) is 9.97 Å². The number of anilines is 1. The van der Waals surface area contributed by atoms with Crippen molar-refractivity contribution >= 4 is 33.3 Å². The number of hydrogen-bond donors (Lipinski definition) is 2. The van der Waals surface area contributed by atoms with E-state index >= 15 is 0 Å². The van der Waals surface area contributed by atoms with Gasteiger partial charge in [0.05, 0.1) is 17.1 Å². The average Bonchev–Trinajstić information content (AvgIpc) is 2.19. The third-order valence-electron chi connectivity index (χ3n) is 2.07. The molecular weight excluding hydrogens is 281 g/mol. The fourth-order valence-electron chi connectivity index (χ4n) is 1.05. The molecule has 0 aliphatic heterocycles. The molecule has 0 spiro atoms. The molecule has 0 amide bonds. The second-order valence-corrected chi connectivity index (χ2v) is 4.66. The van der Waals surface area contributed by atoms with Gasteiger partial charge in [-0.15, -0.1) is 0 Å². The highest BCUT2D eigenvalue weighted by molar-refractivity contribution is 9.10. The average molecular weight is 295 g/mol. The fourth-order valence-corrected chi connectivity index (χ4v) is 1.50. The maximum absolute atomic E-state index is 9.16. The highest BCUT2D eigenvalue weighted by atomic mass is 79.9. The Bertz CT molecular complexity index is 335. The highest BCUT2D eigenvalue weighted by Gasteiger charge is 2.15. The van der Waals surface area contributed by atoms with Gasteiger partial charge in [-0.05, 0) is 21.8 Å². The van der Waals surface area contributed by atoms with Crippen LogP contribution in [0.25, 0.3) is 0 Å². The van der Waals surface area contributed by atoms with Crippen LogP contribution in [0.3, 0.4) is 0 Å². The molecule has 0 aromatic carbocycles. The molecule has 6 heteroatoms. The van der Waals surface area contributed by atoms with Gasteiger partial charge in [0.1, 0.15) is 17.3 Å². The van der Waals surface area contributed by atoms with Crippen molar-refractivity contribution in [2.45, 2.75) is 19.9 Å². The number of hydrogen-bond acceptors (Lipinski definition) is 4. The standard InChI is InChI=1S/C9H13BrClN3O/c1-5(2)6(3-15)14-9-7(10)8(11)12-4-13-9/h4-6,15H,3H2,1-2H3,(H,12,13,14). The Morgan fingerprint density at radius 3 is 2.73 bits per heavy atom. The number of nitrogens with one attached hydrogen (secondary N) is 1. The first-order chi connectivity index (χ1) is 7.06. The molecule has 1 aromatic rings. The minimum absolute atomic E-state index is 0.0473. The van der Waals surface area contributed by atoms with Gasteiger partial charge >= 0.3 is 0 Å². The molecule has 0 aliphatic rings. The Kier molecular flexibility index (Phi) is 4.76. The quantitative estimate of drug-likeness (QED) is 0.837. The first kappa shape index (κ1) is 12.7. The molecule has 1 heterocycles. The summed E-state index contributed by atoms with van der Waals surface area (Å²) < 4.78 is 0.616. The third kappa shape index (κ3) is 3.29. The Balaban J connectivity index is 2.84. The number of aromatic nitrogens is 2. The molecule has 0 saturated heterocycles. The minimum Gasteiger partial charge on any atom is -0.394 e. The van der Waals surface area contributed by atoms with Crippen molar-refractivity contribution in [2.24, 2.45) is 5.92 Å². The van der Waals surface area contributed by atoms with E-state index < -0.39 is 0 Å². The lowest BCUT2D eigenvalue weighted by molar-refractivity contribution is 0.249. The largest absolute Gasteiger partial charge is 0.394 e. The summed E-state index contributed by atoms with van der Waals surface area (Å²) in [7, 11) is 0. The summed E-state index contributed by atoms with van der Waals surface area (Å²) in [5.41, 5.74) is 0. The van der Waals surface area contributed by atoms with Gasteiger partial charge in [-0.1, -0.05) is 25.4 Å². The van der Waals surface area contributed by atoms with Crippen molar-refractivity contribution in [3.63, 3.8) is 0 Å². The van der Waals surface area contributed by atoms with Crippen LogP contribution in [0, 0.1) is 5.92 Å². The van der Waals surface area contributed by atoms with Gasteiger partial charge in [-0.3, -0.25) is 0 Å². The van der Waals surface area contributed by atoms with Crippen LogP contribution >= 0.6 is 27.5 Å². The first-order valence-electron chi connectivity index (χ1n) is 4.59. The Hall–Kier alpha value is -0.390. The van der Waals surface area contributed by atoms with Crippen LogP contribution in [0.1, 0.15) is 13.8 Å². The monoisotopic (exact) mass is 293 g/mol. The van der Waals surface area contributed by atoms with E-state index in [1.54, 1.807) is 0 Å². The summed E-state index contributed by atoms with van der Waals surface area (Å²) in [4.78, 5) is 7.87. The van der Waals surface area contributed by atoms with E-state index in [4.69, 9.17) is 16.7 Å². The van der Waals surface area contributed by atoms with E-state index in [1.807, 2.05) is 13.8 Å². The number of aliphatic hydroxyl groups excluding tert-OH is 1. The second kappa shape index (κ2) is 5.63. The number of rotatable bonds is 4. The SMILES string of the molecule is CC(C)C(CO)Nc1ncnc(Cl)c1Br. The van der Waals surface area contributed by atoms with Crippen LogP contribution in [0.4, 0.5) is 5.82 Å². The zero-order valence-electron chi connectivity index (χ0n) is 8.54. The maximum atomic E-state index is 9.16. The first-order valence-corrected chi connectivity index (χ1v) is 5.76. The molecule has 1 rings (SSSR count). The number of nitrogens with zero attached hydrogens (tertiary/aromatic N) is 2. The molecule has 1 aromatic heterocycles. The second-order valence-electron chi connectivity index (χ2n) is 3.50. The van der Waals surface area contributed by atoms with Crippen LogP contribution in [0.5, 0.6) is 0 Å². The van der Waals surface area contributed by atoms with E-state index in [0.717, 1.165) is 0 Å². The van der Waals surface area contributed by atoms with Crippen molar-refractivity contribution in [3.8, 4) is 0 Å². The van der Waals surface area contributed by atoms with Crippen molar-refractivity contribution in [1.29, 1.82) is 0 Å². The zero-order valence-corrected chi connectivity index (χ0v) is 10.9. The summed E-state index contributed by atoms with van der Waals surface area (Å²) in [5.74, 6) is 0.901. The minimum atomic E-state index is -0.0488. The van der Waals surface area contributed by atoms with Crippen molar-refractivity contribution in [1.82, 2.24) is 9.97 Å². The lowest BCUT2D eigenvalue weighted by atomic mass is 10.1. The molecule has 0 fully saturated rings. The van der Waals surface area contributed by atoms with Crippen LogP contribution in [0.2, 0.25) is 5.15 Å². The zero-order chi connectivity index (χ0) is 11.4. The van der Waals surface area contributed by atoms with Crippen LogP contribution in [-0.2, 0) is 0 Å². The summed E-state index contributed by atoms with van der Waals surface area (Å²) in [6, 6.07) is -0.0488. The third-order valence-corrected chi connectivity index (χ3v) is 3.34. The molecule has 0 aliphatic carbocycles. The lowest BCUT2D eigenvalue weighted by Gasteiger charge is -2.21. The van der Waals surface area contributed by atoms with Gasteiger partial charge < -0.3 is 10.4 Å². The Morgan fingerprint density at radius 1 is 1.53 bits per heavy atom. The molecular formula is C9H13BrClN3O. The smallest absolute Gasteiger partial charge is 0.148 e. The topological polar surface area (TPSA) is 58.0 Å². The predicted molar refractivity (Wildman–Crippen MR) is 64.1 cm³/mol. The Morgan fingerprint density at radius 2 is 2.20 bits per heavy atom. The molecule has 0 radical (unpaired) electrons. The molecule has 0 saturated carbocycles. The summed E-state index contributed by atoms with van der Waals surface area (Å²) in [6.07, 6.45) is 1.38.